The normalized spacial score (nSPS) is 16.8. The third-order valence-electron chi connectivity index (χ3n) is 4.57. The van der Waals surface area contributed by atoms with Gasteiger partial charge in [-0.15, -0.1) is 11.8 Å². The number of nitrogens with one attached hydrogen (secondary N) is 1. The zero-order chi connectivity index (χ0) is 19.2. The van der Waals surface area contributed by atoms with Gasteiger partial charge in [-0.3, -0.25) is 4.79 Å². The fraction of sp³-hybridized carbons (Fsp3) is 0.526. The Bertz CT molecular complexity index is 708. The van der Waals surface area contributed by atoms with E-state index < -0.39 is 23.5 Å². The monoisotopic (exact) mass is 376 g/mol. The zero-order valence-corrected chi connectivity index (χ0v) is 16.1. The fourth-order valence-corrected chi connectivity index (χ4v) is 3.43. The molecule has 0 spiro atoms. The first-order chi connectivity index (χ1) is 12.4. The molecule has 0 heterocycles. The van der Waals surface area contributed by atoms with Crippen molar-refractivity contribution in [1.29, 1.82) is 5.26 Å². The van der Waals surface area contributed by atoms with Crippen LogP contribution in [-0.2, 0) is 9.53 Å². The fourth-order valence-electron chi connectivity index (χ4n) is 3.00. The second-order valence-corrected chi connectivity index (χ2v) is 7.24. The number of carbonyl (C=O) groups excluding carboxylic acids is 2. The standard InChI is InChI=1S/C19H24N2O4S/c1-13(17(22)21-19(12-20)9-5-4-6-10-19)25-18(23)15-8-7-14(26-3)11-16(15)24-2/h7-8,11,13H,4-6,9-10H2,1-3H3,(H,21,22)/t13-/m0/s1. The van der Waals surface area contributed by atoms with Crippen LogP contribution in [0.25, 0.3) is 0 Å². The van der Waals surface area contributed by atoms with Crippen LogP contribution < -0.4 is 10.1 Å². The molecule has 0 aromatic heterocycles. The van der Waals surface area contributed by atoms with E-state index >= 15 is 0 Å². The Labute approximate surface area is 158 Å². The van der Waals surface area contributed by atoms with Gasteiger partial charge in [0.15, 0.2) is 6.10 Å². The van der Waals surface area contributed by atoms with Crippen LogP contribution in [0, 0.1) is 11.3 Å². The molecule has 0 unspecified atom stereocenters. The van der Waals surface area contributed by atoms with E-state index in [0.29, 0.717) is 18.6 Å². The minimum absolute atomic E-state index is 0.262. The third kappa shape index (κ3) is 4.70. The average Bonchev–Trinajstić information content (AvgIpc) is 2.67. The number of hydrogen-bond donors (Lipinski definition) is 1. The van der Waals surface area contributed by atoms with Gasteiger partial charge in [-0.2, -0.15) is 5.26 Å². The molecule has 0 saturated heterocycles. The molecule has 0 radical (unpaired) electrons. The van der Waals surface area contributed by atoms with Gasteiger partial charge < -0.3 is 14.8 Å². The Morgan fingerprint density at radius 3 is 2.58 bits per heavy atom. The van der Waals surface area contributed by atoms with Crippen molar-refractivity contribution in [2.24, 2.45) is 0 Å². The number of carbonyl (C=O) groups is 2. The average molecular weight is 376 g/mol. The molecule has 140 valence electrons. The van der Waals surface area contributed by atoms with Crippen molar-refractivity contribution in [2.45, 2.75) is 55.6 Å². The summed E-state index contributed by atoms with van der Waals surface area (Å²) in [5, 5.41) is 12.2. The van der Waals surface area contributed by atoms with Gasteiger partial charge in [0.05, 0.1) is 13.2 Å². The van der Waals surface area contributed by atoms with Crippen LogP contribution in [0.5, 0.6) is 5.75 Å². The highest BCUT2D eigenvalue weighted by Gasteiger charge is 2.35. The molecule has 1 saturated carbocycles. The van der Waals surface area contributed by atoms with Gasteiger partial charge in [0.1, 0.15) is 16.9 Å². The van der Waals surface area contributed by atoms with Crippen LogP contribution in [0.3, 0.4) is 0 Å². The highest BCUT2D eigenvalue weighted by atomic mass is 32.2. The number of methoxy groups -OCH3 is 1. The number of rotatable bonds is 6. The Kier molecular flexibility index (Phi) is 6.92. The maximum atomic E-state index is 12.4. The van der Waals surface area contributed by atoms with Crippen molar-refractivity contribution in [2.75, 3.05) is 13.4 Å². The van der Waals surface area contributed by atoms with Crippen LogP contribution in [0.15, 0.2) is 23.1 Å². The summed E-state index contributed by atoms with van der Waals surface area (Å²) < 4.78 is 10.5. The molecule has 7 heteroatoms. The van der Waals surface area contributed by atoms with Gasteiger partial charge in [-0.25, -0.2) is 4.79 Å². The summed E-state index contributed by atoms with van der Waals surface area (Å²) in [5.74, 6) is -0.691. The Balaban J connectivity index is 2.04. The molecule has 6 nitrogen and oxygen atoms in total. The van der Waals surface area contributed by atoms with E-state index in [1.165, 1.54) is 25.8 Å². The number of esters is 1. The second kappa shape index (κ2) is 8.95. The van der Waals surface area contributed by atoms with Gasteiger partial charge in [0.2, 0.25) is 0 Å². The molecule has 1 fully saturated rings. The first-order valence-electron chi connectivity index (χ1n) is 8.61. The zero-order valence-electron chi connectivity index (χ0n) is 15.3. The SMILES string of the molecule is COc1cc(SC)ccc1C(=O)O[C@@H](C)C(=O)NC1(C#N)CCCCC1. The first-order valence-corrected chi connectivity index (χ1v) is 9.83. The van der Waals surface area contributed by atoms with Crippen LogP contribution in [0.2, 0.25) is 0 Å². The van der Waals surface area contributed by atoms with E-state index in [-0.39, 0.29) is 5.56 Å². The molecule has 1 aliphatic carbocycles. The molecular formula is C19H24N2O4S. The molecule has 0 bridgehead atoms. The lowest BCUT2D eigenvalue weighted by atomic mass is 9.83. The van der Waals surface area contributed by atoms with Crippen molar-refractivity contribution in [3.63, 3.8) is 0 Å². The number of thioether (sulfide) groups is 1. The first kappa shape index (κ1) is 20.1. The van der Waals surface area contributed by atoms with E-state index in [9.17, 15) is 14.9 Å². The van der Waals surface area contributed by atoms with Crippen molar-refractivity contribution in [3.8, 4) is 11.8 Å². The van der Waals surface area contributed by atoms with Crippen LogP contribution in [0.1, 0.15) is 49.4 Å². The largest absolute Gasteiger partial charge is 0.496 e. The summed E-state index contributed by atoms with van der Waals surface area (Å²) in [6.45, 7) is 1.50. The molecule has 1 aromatic rings. The summed E-state index contributed by atoms with van der Waals surface area (Å²) in [5.41, 5.74) is -0.592. The lowest BCUT2D eigenvalue weighted by Gasteiger charge is -2.32. The van der Waals surface area contributed by atoms with Gasteiger partial charge in [-0.05, 0) is 44.2 Å². The molecule has 1 N–H and O–H groups in total. The predicted octanol–water partition coefficient (Wildman–Crippen LogP) is 3.31. The molecule has 0 aliphatic heterocycles. The van der Waals surface area contributed by atoms with E-state index in [4.69, 9.17) is 9.47 Å². The van der Waals surface area contributed by atoms with Gasteiger partial charge >= 0.3 is 5.97 Å². The molecule has 1 amide bonds. The number of nitrogens with zero attached hydrogens (tertiary/aromatic N) is 1. The van der Waals surface area contributed by atoms with Crippen LogP contribution in [-0.4, -0.2) is 36.9 Å². The summed E-state index contributed by atoms with van der Waals surface area (Å²) in [6.07, 6.45) is 5.05. The molecule has 1 atom stereocenters. The van der Waals surface area contributed by atoms with Crippen molar-refractivity contribution < 1.29 is 19.1 Å². The van der Waals surface area contributed by atoms with E-state index in [0.717, 1.165) is 24.2 Å². The van der Waals surface area contributed by atoms with E-state index in [2.05, 4.69) is 11.4 Å². The van der Waals surface area contributed by atoms with Crippen molar-refractivity contribution in [1.82, 2.24) is 5.32 Å². The Morgan fingerprint density at radius 1 is 1.31 bits per heavy atom. The number of amides is 1. The molecular weight excluding hydrogens is 352 g/mol. The lowest BCUT2D eigenvalue weighted by Crippen LogP contribution is -2.52. The third-order valence-corrected chi connectivity index (χ3v) is 5.29. The minimum Gasteiger partial charge on any atom is -0.496 e. The quantitative estimate of drug-likeness (QED) is 0.605. The second-order valence-electron chi connectivity index (χ2n) is 6.36. The Hall–Kier alpha value is -2.20. The van der Waals surface area contributed by atoms with Crippen LogP contribution >= 0.6 is 11.8 Å². The maximum Gasteiger partial charge on any atom is 0.342 e. The topological polar surface area (TPSA) is 88.4 Å². The highest BCUT2D eigenvalue weighted by molar-refractivity contribution is 7.98. The molecule has 1 aromatic carbocycles. The number of hydrogen-bond acceptors (Lipinski definition) is 6. The predicted molar refractivity (Wildman–Crippen MR) is 99.2 cm³/mol. The van der Waals surface area contributed by atoms with Gasteiger partial charge in [-0.1, -0.05) is 19.3 Å². The smallest absolute Gasteiger partial charge is 0.342 e. The van der Waals surface area contributed by atoms with Gasteiger partial charge in [0, 0.05) is 4.90 Å². The van der Waals surface area contributed by atoms with Crippen molar-refractivity contribution in [3.05, 3.63) is 23.8 Å². The lowest BCUT2D eigenvalue weighted by molar-refractivity contribution is -0.130. The number of benzene rings is 1. The summed E-state index contributed by atoms with van der Waals surface area (Å²) in [4.78, 5) is 25.8. The van der Waals surface area contributed by atoms with E-state index in [1.807, 2.05) is 6.26 Å². The molecule has 26 heavy (non-hydrogen) atoms. The summed E-state index contributed by atoms with van der Waals surface area (Å²) in [6, 6.07) is 7.39. The number of nitriles is 1. The van der Waals surface area contributed by atoms with Crippen LogP contribution in [0.4, 0.5) is 0 Å². The summed E-state index contributed by atoms with van der Waals surface area (Å²) in [7, 11) is 1.48. The molecule has 2 rings (SSSR count). The molecule has 1 aliphatic rings. The Morgan fingerprint density at radius 2 is 2.00 bits per heavy atom. The number of ether oxygens (including phenoxy) is 2. The highest BCUT2D eigenvalue weighted by Crippen LogP contribution is 2.28. The summed E-state index contributed by atoms with van der Waals surface area (Å²) >= 11 is 1.53. The maximum absolute atomic E-state index is 12.4. The van der Waals surface area contributed by atoms with E-state index in [1.54, 1.807) is 18.2 Å². The van der Waals surface area contributed by atoms with Crippen molar-refractivity contribution >= 4 is 23.6 Å². The van der Waals surface area contributed by atoms with Gasteiger partial charge in [0.25, 0.3) is 5.91 Å². The minimum atomic E-state index is -1.00.